The fourth-order valence-corrected chi connectivity index (χ4v) is 6.34. The smallest absolute Gasteiger partial charge is 0.212 e. The largest absolute Gasteiger partial charge is 0.489 e. The van der Waals surface area contributed by atoms with Gasteiger partial charge in [0.05, 0.1) is 37.2 Å². The highest BCUT2D eigenvalue weighted by atomic mass is 16.5. The molecule has 11 nitrogen and oxygen atoms in total. The van der Waals surface area contributed by atoms with E-state index in [-0.39, 0.29) is 6.10 Å². The van der Waals surface area contributed by atoms with Crippen molar-refractivity contribution in [2.75, 3.05) is 58.5 Å². The Hall–Kier alpha value is -4.24. The second-order valence-electron chi connectivity index (χ2n) is 11.4. The third-order valence-corrected chi connectivity index (χ3v) is 8.58. The Labute approximate surface area is 244 Å². The lowest BCUT2D eigenvalue weighted by molar-refractivity contribution is -0.0404. The molecule has 0 amide bonds. The fourth-order valence-electron chi connectivity index (χ4n) is 6.34. The van der Waals surface area contributed by atoms with Crippen LogP contribution >= 0.6 is 0 Å². The normalized spacial score (nSPS) is 22.5. The Morgan fingerprint density at radius 1 is 1.07 bits per heavy atom. The molecule has 42 heavy (non-hydrogen) atoms. The van der Waals surface area contributed by atoms with Gasteiger partial charge in [-0.3, -0.25) is 4.90 Å². The van der Waals surface area contributed by atoms with Crippen molar-refractivity contribution in [1.29, 1.82) is 5.26 Å². The molecule has 11 heteroatoms. The number of nitrogens with zero attached hydrogens (tertiary/aromatic N) is 8. The SMILES string of the molecule is COc1ccc(CN2C3CC2CN(c2ccc(-c4cc(OCC5CN(C)CCO5)cn5ncc(C#N)c45)cn2)C3)cn1. The van der Waals surface area contributed by atoms with Crippen molar-refractivity contribution in [2.24, 2.45) is 0 Å². The van der Waals surface area contributed by atoms with Crippen LogP contribution in [0.2, 0.25) is 0 Å². The van der Waals surface area contributed by atoms with Crippen LogP contribution in [-0.4, -0.2) is 101 Å². The van der Waals surface area contributed by atoms with Crippen LogP contribution in [0.25, 0.3) is 16.6 Å². The van der Waals surface area contributed by atoms with Gasteiger partial charge < -0.3 is 24.0 Å². The molecule has 8 heterocycles. The molecule has 4 aromatic heterocycles. The minimum Gasteiger partial charge on any atom is -0.489 e. The fraction of sp³-hybridized carbons (Fsp3) is 0.419. The molecule has 0 radical (unpaired) electrons. The van der Waals surface area contributed by atoms with Crippen LogP contribution in [0.15, 0.2) is 55.1 Å². The van der Waals surface area contributed by atoms with Crippen molar-refractivity contribution >= 4 is 11.3 Å². The molecule has 3 atom stereocenters. The zero-order valence-electron chi connectivity index (χ0n) is 23.9. The highest BCUT2D eigenvalue weighted by molar-refractivity contribution is 5.85. The van der Waals surface area contributed by atoms with Crippen LogP contribution in [0.3, 0.4) is 0 Å². The summed E-state index contributed by atoms with van der Waals surface area (Å²) in [5, 5.41) is 14.2. The highest BCUT2D eigenvalue weighted by Crippen LogP contribution is 2.36. The topological polar surface area (TPSA) is 104 Å². The summed E-state index contributed by atoms with van der Waals surface area (Å²) in [7, 11) is 3.73. The monoisotopic (exact) mass is 566 g/mol. The quantitative estimate of drug-likeness (QED) is 0.316. The van der Waals surface area contributed by atoms with E-state index < -0.39 is 0 Å². The molecule has 0 aliphatic carbocycles. The molecule has 4 aromatic rings. The molecule has 4 aliphatic heterocycles. The number of likely N-dealkylation sites (N-methyl/N-ethyl adjacent to an activating group) is 1. The summed E-state index contributed by atoms with van der Waals surface area (Å²) < 4.78 is 18.9. The molecule has 0 spiro atoms. The third-order valence-electron chi connectivity index (χ3n) is 8.58. The Balaban J connectivity index is 1.06. The minimum absolute atomic E-state index is 0.00990. The maximum atomic E-state index is 9.75. The number of hydrogen-bond donors (Lipinski definition) is 0. The van der Waals surface area contributed by atoms with E-state index >= 15 is 0 Å². The van der Waals surface area contributed by atoms with Gasteiger partial charge in [-0.2, -0.15) is 10.4 Å². The average Bonchev–Trinajstić information content (AvgIpc) is 3.46. The molecule has 2 bridgehead atoms. The van der Waals surface area contributed by atoms with E-state index in [9.17, 15) is 5.26 Å². The first-order valence-electron chi connectivity index (χ1n) is 14.4. The van der Waals surface area contributed by atoms with E-state index in [1.807, 2.05) is 30.7 Å². The Bertz CT molecular complexity index is 1590. The summed E-state index contributed by atoms with van der Waals surface area (Å²) in [4.78, 5) is 16.4. The van der Waals surface area contributed by atoms with Crippen LogP contribution in [0.4, 0.5) is 5.82 Å². The van der Waals surface area contributed by atoms with Gasteiger partial charge in [0.2, 0.25) is 5.88 Å². The second-order valence-corrected chi connectivity index (χ2v) is 11.4. The molecule has 4 saturated heterocycles. The van der Waals surface area contributed by atoms with E-state index in [4.69, 9.17) is 19.2 Å². The third kappa shape index (κ3) is 5.13. The number of morpholine rings is 1. The Morgan fingerprint density at radius 3 is 2.67 bits per heavy atom. The van der Waals surface area contributed by atoms with Gasteiger partial charge in [0.1, 0.15) is 30.3 Å². The van der Waals surface area contributed by atoms with E-state index in [2.05, 4.69) is 56.1 Å². The number of pyridine rings is 3. The van der Waals surface area contributed by atoms with Gasteiger partial charge in [-0.15, -0.1) is 0 Å². The van der Waals surface area contributed by atoms with Crippen molar-refractivity contribution in [3.63, 3.8) is 0 Å². The molecule has 0 aromatic carbocycles. The van der Waals surface area contributed by atoms with Gasteiger partial charge >= 0.3 is 0 Å². The Kier molecular flexibility index (Phi) is 7.11. The Morgan fingerprint density at radius 2 is 1.95 bits per heavy atom. The maximum Gasteiger partial charge on any atom is 0.212 e. The molecular formula is C31H34N8O3. The first-order chi connectivity index (χ1) is 20.6. The van der Waals surface area contributed by atoms with Gasteiger partial charge in [0.25, 0.3) is 0 Å². The predicted octanol–water partition coefficient (Wildman–Crippen LogP) is 2.84. The van der Waals surface area contributed by atoms with Crippen LogP contribution in [0.1, 0.15) is 17.5 Å². The first-order valence-corrected chi connectivity index (χ1v) is 14.4. The lowest BCUT2D eigenvalue weighted by Crippen LogP contribution is -2.68. The second kappa shape index (κ2) is 11.2. The number of fused-ring (bicyclic) bond motifs is 3. The summed E-state index contributed by atoms with van der Waals surface area (Å²) >= 11 is 0. The standard InChI is InChI=1S/C31H34N8O3/c1-36-7-8-41-27(18-36)20-42-26-10-28(31-23(11-32)14-35-39(31)19-26)22-4-5-29(33-13-22)37-16-24-9-25(17-37)38(24)15-21-3-6-30(40-2)34-12-21/h3-6,10,12-14,19,24-25,27H,7-9,15-18,20H2,1-2H3. The number of ether oxygens (including phenoxy) is 3. The van der Waals surface area contributed by atoms with Crippen molar-refractivity contribution in [3.05, 3.63) is 66.2 Å². The zero-order valence-corrected chi connectivity index (χ0v) is 23.9. The number of aromatic nitrogens is 4. The van der Waals surface area contributed by atoms with Gasteiger partial charge in [-0.25, -0.2) is 14.5 Å². The van der Waals surface area contributed by atoms with Crippen LogP contribution in [0.5, 0.6) is 11.6 Å². The van der Waals surface area contributed by atoms with Gasteiger partial charge in [0.15, 0.2) is 0 Å². The number of piperazine rings is 1. The molecular weight excluding hydrogens is 532 g/mol. The number of methoxy groups -OCH3 is 1. The van der Waals surface area contributed by atoms with E-state index in [0.29, 0.717) is 42.5 Å². The zero-order chi connectivity index (χ0) is 28.6. The molecule has 4 fully saturated rings. The van der Waals surface area contributed by atoms with Crippen LogP contribution in [-0.2, 0) is 11.3 Å². The number of rotatable bonds is 8. The first kappa shape index (κ1) is 26.6. The van der Waals surface area contributed by atoms with Crippen molar-refractivity contribution < 1.29 is 14.2 Å². The van der Waals surface area contributed by atoms with E-state index in [0.717, 1.165) is 55.2 Å². The molecule has 216 valence electrons. The molecule has 8 rings (SSSR count). The van der Waals surface area contributed by atoms with E-state index in [1.165, 1.54) is 12.0 Å². The number of nitriles is 1. The van der Waals surface area contributed by atoms with Gasteiger partial charge in [0, 0.05) is 74.4 Å². The maximum absolute atomic E-state index is 9.75. The average molecular weight is 567 g/mol. The van der Waals surface area contributed by atoms with Crippen molar-refractivity contribution in [1.82, 2.24) is 29.4 Å². The van der Waals surface area contributed by atoms with E-state index in [1.54, 1.807) is 17.8 Å². The molecule has 3 unspecified atom stereocenters. The summed E-state index contributed by atoms with van der Waals surface area (Å²) in [6.07, 6.45) is 8.43. The predicted molar refractivity (Wildman–Crippen MR) is 157 cm³/mol. The number of piperidine rings is 1. The molecule has 0 N–H and O–H groups in total. The summed E-state index contributed by atoms with van der Waals surface area (Å²) in [5.41, 5.74) is 4.24. The summed E-state index contributed by atoms with van der Waals surface area (Å²) in [6.45, 7) is 5.69. The lowest BCUT2D eigenvalue weighted by Gasteiger charge is -2.56. The highest BCUT2D eigenvalue weighted by Gasteiger charge is 2.44. The van der Waals surface area contributed by atoms with Crippen molar-refractivity contribution in [2.45, 2.75) is 31.2 Å². The summed E-state index contributed by atoms with van der Waals surface area (Å²) in [6, 6.07) is 13.4. The lowest BCUT2D eigenvalue weighted by atomic mass is 9.87. The van der Waals surface area contributed by atoms with Crippen molar-refractivity contribution in [3.8, 4) is 28.8 Å². The van der Waals surface area contributed by atoms with Crippen LogP contribution in [0, 0.1) is 11.3 Å². The molecule has 4 aliphatic rings. The number of hydrogen-bond acceptors (Lipinski definition) is 10. The minimum atomic E-state index is 0.00990. The summed E-state index contributed by atoms with van der Waals surface area (Å²) in [5.74, 6) is 2.28. The molecule has 0 saturated carbocycles. The number of anilines is 1. The van der Waals surface area contributed by atoms with Gasteiger partial charge in [-0.05, 0) is 37.2 Å². The van der Waals surface area contributed by atoms with Crippen LogP contribution < -0.4 is 14.4 Å². The van der Waals surface area contributed by atoms with Gasteiger partial charge in [-0.1, -0.05) is 6.07 Å².